The molecule has 0 radical (unpaired) electrons. The SMILES string of the molecule is C=CC(=O)Nc1cc(Nc2nc(-c3ccnc(N4CCn5c(cc6c5CC(C)(C)C6)C4=O)c3CO)cn(C)c2=O)ccc1N1CCN(C2CCN(c3ccc4c(c3)C(=O)N(c3ccnc(C(C)(C)C)c3)C4=O)CC2)CC1C. The number of carbonyl (C=O) groups is 4. The van der Waals surface area contributed by atoms with Crippen molar-refractivity contribution < 1.29 is 24.3 Å². The van der Waals surface area contributed by atoms with Gasteiger partial charge >= 0.3 is 0 Å². The molecule has 0 spiro atoms. The maximum Gasteiger partial charge on any atom is 0.293 e. The molecule has 5 aliphatic rings. The van der Waals surface area contributed by atoms with Gasteiger partial charge in [0.2, 0.25) is 5.91 Å². The van der Waals surface area contributed by atoms with E-state index in [-0.39, 0.29) is 46.3 Å². The van der Waals surface area contributed by atoms with E-state index >= 15 is 0 Å². The maximum absolute atomic E-state index is 14.1. The minimum absolute atomic E-state index is 0.0282. The topological polar surface area (TPSA) is 194 Å². The zero-order chi connectivity index (χ0) is 54.2. The summed E-state index contributed by atoms with van der Waals surface area (Å²) in [5, 5.41) is 17.1. The highest BCUT2D eigenvalue weighted by molar-refractivity contribution is 6.34. The van der Waals surface area contributed by atoms with E-state index in [1.165, 1.54) is 26.8 Å². The highest BCUT2D eigenvalue weighted by Crippen LogP contribution is 2.41. The Morgan fingerprint density at radius 2 is 1.61 bits per heavy atom. The van der Waals surface area contributed by atoms with Gasteiger partial charge < -0.3 is 34.7 Å². The number of benzene rings is 2. The van der Waals surface area contributed by atoms with Gasteiger partial charge in [0.25, 0.3) is 23.3 Å². The fourth-order valence-electron chi connectivity index (χ4n) is 12.1. The quantitative estimate of drug-likeness (QED) is 0.0856. The number of aliphatic hydroxyl groups excluding tert-OH is 1. The molecule has 1 unspecified atom stereocenters. The van der Waals surface area contributed by atoms with Crippen molar-refractivity contribution >= 4 is 63.7 Å². The number of carbonyl (C=O) groups excluding carboxylic acids is 4. The predicted octanol–water partition coefficient (Wildman–Crippen LogP) is 7.46. The molecular weight excluding hydrogens is 973 g/mol. The van der Waals surface area contributed by atoms with E-state index in [9.17, 15) is 29.1 Å². The smallest absolute Gasteiger partial charge is 0.293 e. The Bertz CT molecular complexity index is 3470. The van der Waals surface area contributed by atoms with Crippen molar-refractivity contribution in [2.24, 2.45) is 12.5 Å². The third kappa shape index (κ3) is 9.36. The number of aromatic nitrogens is 5. The first-order valence-corrected chi connectivity index (χ1v) is 26.6. The summed E-state index contributed by atoms with van der Waals surface area (Å²) in [4.78, 5) is 92.1. The van der Waals surface area contributed by atoms with Gasteiger partial charge in [-0.1, -0.05) is 41.2 Å². The van der Waals surface area contributed by atoms with Crippen molar-refractivity contribution in [3.05, 3.63) is 142 Å². The number of rotatable bonds is 11. The number of amides is 4. The lowest BCUT2D eigenvalue weighted by Gasteiger charge is -2.47. The van der Waals surface area contributed by atoms with Gasteiger partial charge in [0.15, 0.2) is 5.82 Å². The highest BCUT2D eigenvalue weighted by atomic mass is 16.3. The predicted molar refractivity (Wildman–Crippen MR) is 299 cm³/mol. The fourth-order valence-corrected chi connectivity index (χ4v) is 12.1. The summed E-state index contributed by atoms with van der Waals surface area (Å²) in [7, 11) is 1.63. The molecule has 11 rings (SSSR count). The molecular formula is C59H66N12O6. The number of piperidine rings is 1. The van der Waals surface area contributed by atoms with Crippen LogP contribution in [0.4, 0.5) is 40.1 Å². The summed E-state index contributed by atoms with van der Waals surface area (Å²) in [6, 6.07) is 18.9. The number of fused-ring (bicyclic) bond motifs is 4. The van der Waals surface area contributed by atoms with E-state index in [1.54, 1.807) is 54.8 Å². The van der Waals surface area contributed by atoms with Crippen LogP contribution in [0.1, 0.15) is 108 Å². The molecule has 4 amide bonds. The van der Waals surface area contributed by atoms with Crippen LogP contribution in [0.2, 0.25) is 0 Å². The Morgan fingerprint density at radius 1 is 0.844 bits per heavy atom. The van der Waals surface area contributed by atoms with Gasteiger partial charge in [-0.2, -0.15) is 0 Å². The summed E-state index contributed by atoms with van der Waals surface area (Å²) in [5.41, 5.74) is 8.89. The Balaban J connectivity index is 0.765. The third-order valence-electron chi connectivity index (χ3n) is 16.1. The van der Waals surface area contributed by atoms with Crippen LogP contribution in [-0.2, 0) is 43.3 Å². The molecule has 398 valence electrons. The molecule has 1 atom stereocenters. The molecule has 18 heteroatoms. The molecule has 8 heterocycles. The van der Waals surface area contributed by atoms with Crippen LogP contribution < -0.4 is 35.8 Å². The molecule has 2 saturated heterocycles. The first-order valence-electron chi connectivity index (χ1n) is 26.6. The molecule has 4 aromatic heterocycles. The zero-order valence-electron chi connectivity index (χ0n) is 44.9. The molecule has 0 bridgehead atoms. The zero-order valence-corrected chi connectivity index (χ0v) is 44.9. The summed E-state index contributed by atoms with van der Waals surface area (Å²) < 4.78 is 3.56. The minimum Gasteiger partial charge on any atom is -0.392 e. The summed E-state index contributed by atoms with van der Waals surface area (Å²) in [6.07, 6.45) is 9.77. The fraction of sp³-hybridized carbons (Fsp3) is 0.390. The molecule has 6 aromatic rings. The van der Waals surface area contributed by atoms with E-state index < -0.39 is 12.2 Å². The highest BCUT2D eigenvalue weighted by Gasteiger charge is 2.40. The maximum atomic E-state index is 14.1. The number of hydrogen-bond donors (Lipinski definition) is 3. The normalized spacial score (nSPS) is 18.6. The second-order valence-corrected chi connectivity index (χ2v) is 23.0. The van der Waals surface area contributed by atoms with E-state index in [0.717, 1.165) is 68.9 Å². The molecule has 2 fully saturated rings. The van der Waals surface area contributed by atoms with Crippen molar-refractivity contribution in [2.45, 2.75) is 97.9 Å². The number of aryl methyl sites for hydroxylation is 1. The number of piperazine rings is 1. The molecule has 1 aliphatic carbocycles. The second-order valence-electron chi connectivity index (χ2n) is 23.0. The number of imide groups is 1. The Labute approximate surface area is 448 Å². The van der Waals surface area contributed by atoms with Crippen LogP contribution >= 0.6 is 0 Å². The lowest BCUT2D eigenvalue weighted by atomic mass is 9.90. The van der Waals surface area contributed by atoms with Crippen LogP contribution in [0.5, 0.6) is 0 Å². The summed E-state index contributed by atoms with van der Waals surface area (Å²) in [5.74, 6) is -0.821. The largest absolute Gasteiger partial charge is 0.392 e. The molecule has 2 aromatic carbocycles. The van der Waals surface area contributed by atoms with E-state index in [0.29, 0.717) is 82.2 Å². The standard InChI is InChI=1S/C59H66N12O6/c1-9-51(73)63-45-27-37(62-52-57(77)65(8)33-46(64-52)41-15-19-61-53(44(41)34-72)70-25-24-69-48(56(70)76)26-36-30-59(6,7)31-49(36)69)10-13-47(45)68-23-22-67(32-35(68)2)38-16-20-66(21-17-38)39-11-12-42-43(28-39)55(75)71(54(42)74)40-14-18-60-50(29-40)58(3,4)5/h9-15,18-19,26-29,33,35,38,72H,1,16-17,20-25,30-32,34H2,2-8H3,(H,62,64)(H,63,73). The first-order chi connectivity index (χ1) is 36.8. The van der Waals surface area contributed by atoms with Gasteiger partial charge in [0.05, 0.1) is 40.5 Å². The van der Waals surface area contributed by atoms with Gasteiger partial charge in [-0.3, -0.25) is 38.8 Å². The van der Waals surface area contributed by atoms with Gasteiger partial charge in [0, 0.05) is 123 Å². The number of pyridine rings is 2. The van der Waals surface area contributed by atoms with Crippen molar-refractivity contribution in [3.8, 4) is 11.3 Å². The van der Waals surface area contributed by atoms with Crippen LogP contribution in [0, 0.1) is 5.41 Å². The second kappa shape index (κ2) is 19.6. The van der Waals surface area contributed by atoms with Crippen molar-refractivity contribution in [3.63, 3.8) is 0 Å². The number of nitrogens with one attached hydrogen (secondary N) is 2. The van der Waals surface area contributed by atoms with E-state index in [2.05, 4.69) is 67.2 Å². The van der Waals surface area contributed by atoms with Crippen LogP contribution in [-0.4, -0.2) is 109 Å². The van der Waals surface area contributed by atoms with Crippen LogP contribution in [0.3, 0.4) is 0 Å². The van der Waals surface area contributed by atoms with Crippen molar-refractivity contribution in [2.75, 3.05) is 69.5 Å². The van der Waals surface area contributed by atoms with E-state index in [4.69, 9.17) is 4.98 Å². The lowest BCUT2D eigenvalue weighted by molar-refractivity contribution is -0.111. The van der Waals surface area contributed by atoms with Crippen LogP contribution in [0.25, 0.3) is 11.3 Å². The monoisotopic (exact) mass is 1040 g/mol. The number of nitrogens with zero attached hydrogens (tertiary/aromatic N) is 10. The van der Waals surface area contributed by atoms with Gasteiger partial charge in [-0.15, -0.1) is 0 Å². The summed E-state index contributed by atoms with van der Waals surface area (Å²) >= 11 is 0. The van der Waals surface area contributed by atoms with Crippen molar-refractivity contribution in [1.29, 1.82) is 0 Å². The minimum atomic E-state index is -0.418. The van der Waals surface area contributed by atoms with Gasteiger partial charge in [-0.25, -0.2) is 14.9 Å². The lowest BCUT2D eigenvalue weighted by Crippen LogP contribution is -2.57. The molecule has 0 saturated carbocycles. The number of aliphatic hydroxyl groups is 1. The third-order valence-corrected chi connectivity index (χ3v) is 16.1. The van der Waals surface area contributed by atoms with Gasteiger partial charge in [0.1, 0.15) is 11.5 Å². The van der Waals surface area contributed by atoms with Crippen molar-refractivity contribution in [1.82, 2.24) is 29.0 Å². The molecule has 77 heavy (non-hydrogen) atoms. The molecule has 18 nitrogen and oxygen atoms in total. The van der Waals surface area contributed by atoms with E-state index in [1.807, 2.05) is 57.2 Å². The Hall–Kier alpha value is -7.96. The molecule has 3 N–H and O–H groups in total. The summed E-state index contributed by atoms with van der Waals surface area (Å²) in [6.45, 7) is 21.0. The number of hydrogen-bond acceptors (Lipinski definition) is 13. The van der Waals surface area contributed by atoms with Gasteiger partial charge in [-0.05, 0) is 110 Å². The average molecular weight is 1040 g/mol. The number of anilines is 7. The Morgan fingerprint density at radius 3 is 2.35 bits per heavy atom. The molecule has 4 aliphatic heterocycles. The van der Waals surface area contributed by atoms with Crippen LogP contribution in [0.15, 0.2) is 96.7 Å². The average Bonchev–Trinajstić information content (AvgIpc) is 4.12. The Kier molecular flexibility index (Phi) is 13.0. The first kappa shape index (κ1) is 51.2.